The number of hydrogen-bond acceptors (Lipinski definition) is 3. The van der Waals surface area contributed by atoms with Gasteiger partial charge in [0.15, 0.2) is 5.82 Å². The summed E-state index contributed by atoms with van der Waals surface area (Å²) in [4.78, 5) is 10.6. The van der Waals surface area contributed by atoms with Gasteiger partial charge in [-0.15, -0.1) is 0 Å². The Hall–Kier alpha value is -0.890. The summed E-state index contributed by atoms with van der Waals surface area (Å²) in [5.41, 5.74) is 0. The molecule has 1 N–H and O–H groups in total. The number of benzene rings is 1. The summed E-state index contributed by atoms with van der Waals surface area (Å²) in [5.74, 6) is -2.83. The molecule has 0 aliphatic carbocycles. The molecule has 1 fully saturated rings. The van der Waals surface area contributed by atoms with Gasteiger partial charge in [0.1, 0.15) is 4.90 Å². The van der Waals surface area contributed by atoms with Crippen molar-refractivity contribution >= 4 is 39.2 Å². The van der Waals surface area contributed by atoms with Crippen molar-refractivity contribution in [2.75, 3.05) is 13.1 Å². The van der Waals surface area contributed by atoms with Gasteiger partial charge in [0, 0.05) is 13.1 Å². The molecule has 0 spiro atoms. The van der Waals surface area contributed by atoms with Crippen LogP contribution in [-0.4, -0.2) is 36.9 Å². The zero-order valence-corrected chi connectivity index (χ0v) is 13.1. The van der Waals surface area contributed by atoms with E-state index in [9.17, 15) is 17.6 Å². The summed E-state index contributed by atoms with van der Waals surface area (Å²) < 4.78 is 39.6. The van der Waals surface area contributed by atoms with Crippen LogP contribution >= 0.6 is 23.2 Å². The Morgan fingerprint density at radius 3 is 2.67 bits per heavy atom. The third-order valence-electron chi connectivity index (χ3n) is 3.35. The lowest BCUT2D eigenvalue weighted by Gasteiger charge is -2.30. The van der Waals surface area contributed by atoms with Crippen LogP contribution in [0.4, 0.5) is 4.39 Å². The van der Waals surface area contributed by atoms with Gasteiger partial charge in [0.05, 0.1) is 16.0 Å². The van der Waals surface area contributed by atoms with Crippen molar-refractivity contribution in [1.29, 1.82) is 0 Å². The molecule has 0 radical (unpaired) electrons. The fourth-order valence-electron chi connectivity index (χ4n) is 2.21. The Bertz CT molecular complexity index is 680. The van der Waals surface area contributed by atoms with Crippen LogP contribution in [0.25, 0.3) is 0 Å². The van der Waals surface area contributed by atoms with Gasteiger partial charge >= 0.3 is 5.97 Å². The third kappa shape index (κ3) is 3.15. The average molecular weight is 356 g/mol. The predicted molar refractivity (Wildman–Crippen MR) is 75.5 cm³/mol. The Labute approximate surface area is 131 Å². The fraction of sp³-hybridized carbons (Fsp3) is 0.417. The largest absolute Gasteiger partial charge is 0.481 e. The van der Waals surface area contributed by atoms with Gasteiger partial charge in [0.25, 0.3) is 0 Å². The highest BCUT2D eigenvalue weighted by atomic mass is 35.5. The molecular formula is C12H12Cl2FNO4S. The molecule has 0 unspecified atom stereocenters. The second-order valence-corrected chi connectivity index (χ2v) is 7.41. The standard InChI is InChI=1S/C12H12Cl2FNO4S/c13-8-3-4-9(10(14)11(8)15)21(19,20)16-5-1-2-7(6-16)12(17)18/h3-4,7H,1-2,5-6H2,(H,17,18)/t7-/m0/s1. The first-order chi connectivity index (χ1) is 9.75. The van der Waals surface area contributed by atoms with Crippen molar-refractivity contribution in [3.63, 3.8) is 0 Å². The van der Waals surface area contributed by atoms with Gasteiger partial charge in [0.2, 0.25) is 10.0 Å². The number of piperidine rings is 1. The lowest BCUT2D eigenvalue weighted by Crippen LogP contribution is -2.42. The molecule has 0 saturated carbocycles. The van der Waals surface area contributed by atoms with E-state index in [0.717, 1.165) is 16.4 Å². The van der Waals surface area contributed by atoms with E-state index >= 15 is 0 Å². The fourth-order valence-corrected chi connectivity index (χ4v) is 4.45. The molecule has 0 aromatic heterocycles. The van der Waals surface area contributed by atoms with Crippen LogP contribution in [0.3, 0.4) is 0 Å². The van der Waals surface area contributed by atoms with Gasteiger partial charge < -0.3 is 5.11 Å². The van der Waals surface area contributed by atoms with Crippen LogP contribution in [0.2, 0.25) is 10.0 Å². The summed E-state index contributed by atoms with van der Waals surface area (Å²) in [5, 5.41) is 8.14. The predicted octanol–water partition coefficient (Wildman–Crippen LogP) is 2.62. The zero-order valence-electron chi connectivity index (χ0n) is 10.7. The lowest BCUT2D eigenvalue weighted by molar-refractivity contribution is -0.142. The van der Waals surface area contributed by atoms with Crippen LogP contribution in [0.5, 0.6) is 0 Å². The average Bonchev–Trinajstić information content (AvgIpc) is 2.44. The Morgan fingerprint density at radius 2 is 2.05 bits per heavy atom. The summed E-state index contributed by atoms with van der Waals surface area (Å²) in [6.07, 6.45) is 0.827. The molecular weight excluding hydrogens is 344 g/mol. The van der Waals surface area contributed by atoms with E-state index in [1.165, 1.54) is 0 Å². The van der Waals surface area contributed by atoms with E-state index in [4.69, 9.17) is 28.3 Å². The smallest absolute Gasteiger partial charge is 0.307 e. The van der Waals surface area contributed by atoms with Gasteiger partial charge in [-0.3, -0.25) is 4.79 Å². The number of carboxylic acids is 1. The topological polar surface area (TPSA) is 74.7 Å². The summed E-state index contributed by atoms with van der Waals surface area (Å²) in [6.45, 7) is 0.0188. The van der Waals surface area contributed by atoms with E-state index in [0.29, 0.717) is 12.8 Å². The van der Waals surface area contributed by atoms with Crippen LogP contribution in [0, 0.1) is 11.7 Å². The van der Waals surface area contributed by atoms with Crippen molar-refractivity contribution in [2.45, 2.75) is 17.7 Å². The van der Waals surface area contributed by atoms with Gasteiger partial charge in [-0.05, 0) is 25.0 Å². The van der Waals surface area contributed by atoms with Crippen LogP contribution < -0.4 is 0 Å². The van der Waals surface area contributed by atoms with E-state index in [-0.39, 0.29) is 18.1 Å². The maximum absolute atomic E-state index is 13.7. The van der Waals surface area contributed by atoms with Crippen LogP contribution in [0.1, 0.15) is 12.8 Å². The lowest BCUT2D eigenvalue weighted by atomic mass is 10.0. The molecule has 0 amide bonds. The SMILES string of the molecule is O=C(O)[C@H]1CCCN(S(=O)(=O)c2ccc(Cl)c(F)c2Cl)C1. The summed E-state index contributed by atoms with van der Waals surface area (Å²) in [7, 11) is -4.06. The number of carboxylic acid groups (broad SMARTS) is 1. The van der Waals surface area contributed by atoms with Crippen molar-refractivity contribution in [3.05, 3.63) is 28.0 Å². The second-order valence-electron chi connectivity index (χ2n) is 4.71. The normalized spacial score (nSPS) is 20.4. The molecule has 116 valence electrons. The number of sulfonamides is 1. The molecule has 5 nitrogen and oxygen atoms in total. The number of nitrogens with zero attached hydrogens (tertiary/aromatic N) is 1. The number of aliphatic carboxylic acids is 1. The number of carbonyl (C=O) groups is 1. The molecule has 0 bridgehead atoms. The molecule has 1 atom stereocenters. The minimum Gasteiger partial charge on any atom is -0.481 e. The molecule has 1 aliphatic heterocycles. The van der Waals surface area contributed by atoms with Crippen molar-refractivity contribution in [2.24, 2.45) is 5.92 Å². The Kier molecular flexibility index (Phi) is 4.77. The van der Waals surface area contributed by atoms with Crippen molar-refractivity contribution in [3.8, 4) is 0 Å². The monoisotopic (exact) mass is 355 g/mol. The number of rotatable bonds is 3. The maximum Gasteiger partial charge on any atom is 0.307 e. The quantitative estimate of drug-likeness (QED) is 0.845. The maximum atomic E-state index is 13.7. The Morgan fingerprint density at radius 1 is 1.38 bits per heavy atom. The highest BCUT2D eigenvalue weighted by Crippen LogP contribution is 2.32. The van der Waals surface area contributed by atoms with E-state index in [1.54, 1.807) is 0 Å². The molecule has 21 heavy (non-hydrogen) atoms. The number of halogens is 3. The van der Waals surface area contributed by atoms with E-state index < -0.39 is 37.6 Å². The third-order valence-corrected chi connectivity index (χ3v) is 6.03. The first kappa shape index (κ1) is 16.5. The van der Waals surface area contributed by atoms with E-state index in [1.807, 2.05) is 0 Å². The molecule has 1 heterocycles. The first-order valence-corrected chi connectivity index (χ1v) is 8.31. The molecule has 1 aromatic rings. The van der Waals surface area contributed by atoms with Crippen LogP contribution in [-0.2, 0) is 14.8 Å². The van der Waals surface area contributed by atoms with Gasteiger partial charge in [-0.2, -0.15) is 4.31 Å². The second kappa shape index (κ2) is 6.08. The van der Waals surface area contributed by atoms with E-state index in [2.05, 4.69) is 0 Å². The summed E-state index contributed by atoms with van der Waals surface area (Å²) >= 11 is 11.3. The summed E-state index contributed by atoms with van der Waals surface area (Å²) in [6, 6.07) is 2.22. The van der Waals surface area contributed by atoms with Gasteiger partial charge in [-0.25, -0.2) is 12.8 Å². The van der Waals surface area contributed by atoms with Crippen molar-refractivity contribution < 1.29 is 22.7 Å². The molecule has 1 aliphatic rings. The highest BCUT2D eigenvalue weighted by molar-refractivity contribution is 7.89. The minimum atomic E-state index is -4.06. The minimum absolute atomic E-state index is 0.155. The van der Waals surface area contributed by atoms with Crippen LogP contribution in [0.15, 0.2) is 17.0 Å². The zero-order chi connectivity index (χ0) is 15.8. The number of hydrogen-bond donors (Lipinski definition) is 1. The molecule has 9 heteroatoms. The van der Waals surface area contributed by atoms with Gasteiger partial charge in [-0.1, -0.05) is 23.2 Å². The highest BCUT2D eigenvalue weighted by Gasteiger charge is 2.35. The van der Waals surface area contributed by atoms with Crippen molar-refractivity contribution in [1.82, 2.24) is 4.31 Å². The first-order valence-electron chi connectivity index (χ1n) is 6.11. The molecule has 1 aromatic carbocycles. The molecule has 2 rings (SSSR count). The Balaban J connectivity index is 2.38. The molecule has 1 saturated heterocycles.